The van der Waals surface area contributed by atoms with Crippen LogP contribution in [0, 0.1) is 0 Å². The van der Waals surface area contributed by atoms with E-state index < -0.39 is 0 Å². The maximum atomic E-state index is 5.45. The van der Waals surface area contributed by atoms with Crippen LogP contribution in [0.3, 0.4) is 0 Å². The Bertz CT molecular complexity index is 275. The molecule has 1 fully saturated rings. The lowest BCUT2D eigenvalue weighted by molar-refractivity contribution is -0.0694. The van der Waals surface area contributed by atoms with Crippen molar-refractivity contribution in [3.05, 3.63) is 24.2 Å². The van der Waals surface area contributed by atoms with Crippen molar-refractivity contribution >= 4 is 0 Å². The van der Waals surface area contributed by atoms with Gasteiger partial charge in [0.2, 0.25) is 0 Å². The van der Waals surface area contributed by atoms with Crippen molar-refractivity contribution in [3.63, 3.8) is 0 Å². The van der Waals surface area contributed by atoms with Gasteiger partial charge in [0.1, 0.15) is 5.76 Å². The quantitative estimate of drug-likeness (QED) is 0.791. The normalized spacial score (nSPS) is 19.6. The molecule has 0 aliphatic carbocycles. The summed E-state index contributed by atoms with van der Waals surface area (Å²) in [5, 5.41) is 3.44. The highest BCUT2D eigenvalue weighted by atomic mass is 16.5. The third-order valence-electron chi connectivity index (χ3n) is 2.65. The SMILES string of the molecule is CC(C)NCC1(c2ccco2)COC1. The Labute approximate surface area is 84.4 Å². The van der Waals surface area contributed by atoms with Crippen LogP contribution >= 0.6 is 0 Å². The van der Waals surface area contributed by atoms with E-state index in [4.69, 9.17) is 9.15 Å². The molecule has 1 N–H and O–H groups in total. The van der Waals surface area contributed by atoms with Crippen molar-refractivity contribution in [3.8, 4) is 0 Å². The zero-order valence-corrected chi connectivity index (χ0v) is 8.75. The first kappa shape index (κ1) is 9.74. The standard InChI is InChI=1S/C11H17NO2/c1-9(2)12-6-11(7-13-8-11)10-4-3-5-14-10/h3-5,9,12H,6-8H2,1-2H3. The summed E-state index contributed by atoms with van der Waals surface area (Å²) in [5.74, 6) is 1.04. The molecule has 2 heterocycles. The summed E-state index contributed by atoms with van der Waals surface area (Å²) in [6, 6.07) is 4.47. The molecule has 0 atom stereocenters. The van der Waals surface area contributed by atoms with Crippen LogP contribution in [0.2, 0.25) is 0 Å². The van der Waals surface area contributed by atoms with Crippen LogP contribution in [0.5, 0.6) is 0 Å². The smallest absolute Gasteiger partial charge is 0.115 e. The minimum absolute atomic E-state index is 0.0772. The highest BCUT2D eigenvalue weighted by Crippen LogP contribution is 2.32. The first-order valence-corrected chi connectivity index (χ1v) is 5.08. The summed E-state index contributed by atoms with van der Waals surface area (Å²) in [5.41, 5.74) is 0.0772. The average molecular weight is 195 g/mol. The molecule has 3 heteroatoms. The topological polar surface area (TPSA) is 34.4 Å². The molecule has 0 saturated carbocycles. The Morgan fingerprint density at radius 1 is 1.50 bits per heavy atom. The van der Waals surface area contributed by atoms with Crippen LogP contribution in [-0.4, -0.2) is 25.8 Å². The second kappa shape index (κ2) is 3.75. The molecular weight excluding hydrogens is 178 g/mol. The predicted molar refractivity (Wildman–Crippen MR) is 54.3 cm³/mol. The minimum atomic E-state index is 0.0772. The maximum Gasteiger partial charge on any atom is 0.115 e. The maximum absolute atomic E-state index is 5.45. The van der Waals surface area contributed by atoms with Crippen LogP contribution in [0.15, 0.2) is 22.8 Å². The third kappa shape index (κ3) is 1.70. The van der Waals surface area contributed by atoms with E-state index in [0.29, 0.717) is 6.04 Å². The van der Waals surface area contributed by atoms with Gasteiger partial charge >= 0.3 is 0 Å². The molecule has 1 aromatic heterocycles. The molecule has 0 bridgehead atoms. The van der Waals surface area contributed by atoms with Crippen molar-refractivity contribution in [2.75, 3.05) is 19.8 Å². The van der Waals surface area contributed by atoms with Gasteiger partial charge in [0.05, 0.1) is 24.9 Å². The van der Waals surface area contributed by atoms with E-state index in [1.807, 2.05) is 12.1 Å². The zero-order chi connectivity index (χ0) is 10.0. The van der Waals surface area contributed by atoms with Gasteiger partial charge in [-0.1, -0.05) is 13.8 Å². The number of nitrogens with one attached hydrogen (secondary N) is 1. The van der Waals surface area contributed by atoms with Gasteiger partial charge in [-0.05, 0) is 12.1 Å². The summed E-state index contributed by atoms with van der Waals surface area (Å²) < 4.78 is 10.7. The molecule has 0 aromatic carbocycles. The van der Waals surface area contributed by atoms with E-state index in [2.05, 4.69) is 19.2 Å². The van der Waals surface area contributed by atoms with E-state index in [-0.39, 0.29) is 5.41 Å². The fourth-order valence-electron chi connectivity index (χ4n) is 1.66. The molecule has 0 amide bonds. The van der Waals surface area contributed by atoms with E-state index in [1.54, 1.807) is 6.26 Å². The summed E-state index contributed by atoms with van der Waals surface area (Å²) >= 11 is 0. The lowest BCUT2D eigenvalue weighted by Crippen LogP contribution is -2.54. The third-order valence-corrected chi connectivity index (χ3v) is 2.65. The molecular formula is C11H17NO2. The van der Waals surface area contributed by atoms with Crippen LogP contribution in [0.25, 0.3) is 0 Å². The highest BCUT2D eigenvalue weighted by Gasteiger charge is 2.42. The molecule has 1 aliphatic rings. The average Bonchev–Trinajstić information content (AvgIpc) is 2.55. The molecule has 3 nitrogen and oxygen atoms in total. The van der Waals surface area contributed by atoms with Crippen LogP contribution in [-0.2, 0) is 10.2 Å². The minimum Gasteiger partial charge on any atom is -0.469 e. The molecule has 1 aliphatic heterocycles. The lowest BCUT2D eigenvalue weighted by atomic mass is 9.83. The summed E-state index contributed by atoms with van der Waals surface area (Å²) in [7, 11) is 0. The van der Waals surface area contributed by atoms with Crippen molar-refractivity contribution in [2.24, 2.45) is 0 Å². The molecule has 0 unspecified atom stereocenters. The Balaban J connectivity index is 2.03. The van der Waals surface area contributed by atoms with Gasteiger partial charge in [0.25, 0.3) is 0 Å². The Morgan fingerprint density at radius 2 is 2.29 bits per heavy atom. The number of furan rings is 1. The van der Waals surface area contributed by atoms with Gasteiger partial charge in [0.15, 0.2) is 0 Å². The van der Waals surface area contributed by atoms with Gasteiger partial charge in [-0.15, -0.1) is 0 Å². The number of rotatable bonds is 4. The molecule has 78 valence electrons. The molecule has 1 saturated heterocycles. The second-order valence-electron chi connectivity index (χ2n) is 4.29. The van der Waals surface area contributed by atoms with Gasteiger partial charge in [-0.2, -0.15) is 0 Å². The van der Waals surface area contributed by atoms with E-state index in [0.717, 1.165) is 25.5 Å². The van der Waals surface area contributed by atoms with E-state index >= 15 is 0 Å². The van der Waals surface area contributed by atoms with Crippen LogP contribution in [0.1, 0.15) is 19.6 Å². The zero-order valence-electron chi connectivity index (χ0n) is 8.75. The Morgan fingerprint density at radius 3 is 2.71 bits per heavy atom. The van der Waals surface area contributed by atoms with Crippen LogP contribution < -0.4 is 5.32 Å². The van der Waals surface area contributed by atoms with Gasteiger partial charge < -0.3 is 14.5 Å². The summed E-state index contributed by atoms with van der Waals surface area (Å²) in [4.78, 5) is 0. The van der Waals surface area contributed by atoms with Crippen molar-refractivity contribution < 1.29 is 9.15 Å². The first-order chi connectivity index (χ1) is 6.73. The van der Waals surface area contributed by atoms with Crippen molar-refractivity contribution in [1.29, 1.82) is 0 Å². The molecule has 0 spiro atoms. The fourth-order valence-corrected chi connectivity index (χ4v) is 1.66. The van der Waals surface area contributed by atoms with Crippen molar-refractivity contribution in [1.82, 2.24) is 5.32 Å². The number of ether oxygens (including phenoxy) is 1. The molecule has 1 aromatic rings. The fraction of sp³-hybridized carbons (Fsp3) is 0.636. The number of hydrogen-bond donors (Lipinski definition) is 1. The number of hydrogen-bond acceptors (Lipinski definition) is 3. The van der Waals surface area contributed by atoms with Gasteiger partial charge in [0, 0.05) is 12.6 Å². The van der Waals surface area contributed by atoms with E-state index in [9.17, 15) is 0 Å². The highest BCUT2D eigenvalue weighted by molar-refractivity contribution is 5.18. The monoisotopic (exact) mass is 195 g/mol. The largest absolute Gasteiger partial charge is 0.469 e. The first-order valence-electron chi connectivity index (χ1n) is 5.08. The molecule has 2 rings (SSSR count). The summed E-state index contributed by atoms with van der Waals surface area (Å²) in [6.07, 6.45) is 1.73. The second-order valence-corrected chi connectivity index (χ2v) is 4.29. The van der Waals surface area contributed by atoms with Gasteiger partial charge in [-0.25, -0.2) is 0 Å². The summed E-state index contributed by atoms with van der Waals surface area (Å²) in [6.45, 7) is 6.75. The van der Waals surface area contributed by atoms with E-state index in [1.165, 1.54) is 0 Å². The molecule has 14 heavy (non-hydrogen) atoms. The predicted octanol–water partition coefficient (Wildman–Crippen LogP) is 1.55. The molecule has 0 radical (unpaired) electrons. The van der Waals surface area contributed by atoms with Gasteiger partial charge in [-0.3, -0.25) is 0 Å². The Kier molecular flexibility index (Phi) is 2.61. The Hall–Kier alpha value is -0.800. The van der Waals surface area contributed by atoms with Crippen LogP contribution in [0.4, 0.5) is 0 Å². The lowest BCUT2D eigenvalue weighted by Gasteiger charge is -2.40. The van der Waals surface area contributed by atoms with Crippen molar-refractivity contribution in [2.45, 2.75) is 25.3 Å².